The molecule has 0 fully saturated rings. The van der Waals surface area contributed by atoms with Gasteiger partial charge in [0.05, 0.1) is 0 Å². The van der Waals surface area contributed by atoms with Crippen molar-refractivity contribution in [2.45, 2.75) is 0 Å². The van der Waals surface area contributed by atoms with Gasteiger partial charge in [0.15, 0.2) is 0 Å². The average Bonchev–Trinajstić information content (AvgIpc) is 2.13. The van der Waals surface area contributed by atoms with E-state index < -0.39 is 0 Å². The van der Waals surface area contributed by atoms with Crippen LogP contribution in [0.15, 0.2) is 17.1 Å². The molecular weight excluding hydrogens is 219 g/mol. The molecule has 9 heavy (non-hydrogen) atoms. The van der Waals surface area contributed by atoms with Crippen LogP contribution in [0.5, 0.6) is 0 Å². The molecule has 0 bridgehead atoms. The zero-order valence-corrected chi connectivity index (χ0v) is 7.68. The van der Waals surface area contributed by atoms with Crippen molar-refractivity contribution in [3.8, 4) is 0 Å². The van der Waals surface area contributed by atoms with Crippen LogP contribution in [0.1, 0.15) is 4.88 Å². The molecule has 3 heteroatoms. The molecular formula is C6H4BrClS. The highest BCUT2D eigenvalue weighted by atomic mass is 79.9. The van der Waals surface area contributed by atoms with Crippen LogP contribution in [0.25, 0.3) is 6.08 Å². The van der Waals surface area contributed by atoms with Crippen LogP contribution in [-0.4, -0.2) is 0 Å². The minimum atomic E-state index is 0.782. The van der Waals surface area contributed by atoms with Crippen molar-refractivity contribution >= 4 is 44.9 Å². The summed E-state index contributed by atoms with van der Waals surface area (Å²) in [5, 5.41) is 0. The van der Waals surface area contributed by atoms with Crippen molar-refractivity contribution in [3.63, 3.8) is 0 Å². The Morgan fingerprint density at radius 2 is 2.44 bits per heavy atom. The van der Waals surface area contributed by atoms with Crippen molar-refractivity contribution in [1.29, 1.82) is 0 Å². The van der Waals surface area contributed by atoms with E-state index in [1.807, 2.05) is 6.07 Å². The second kappa shape index (κ2) is 2.86. The van der Waals surface area contributed by atoms with Crippen LogP contribution < -0.4 is 0 Å². The van der Waals surface area contributed by atoms with E-state index in [-0.39, 0.29) is 0 Å². The summed E-state index contributed by atoms with van der Waals surface area (Å²) in [6.45, 7) is 3.62. The van der Waals surface area contributed by atoms with Gasteiger partial charge < -0.3 is 0 Å². The molecule has 1 aromatic rings. The first-order valence-electron chi connectivity index (χ1n) is 2.31. The largest absolute Gasteiger partial charge is 0.123 e. The first-order chi connectivity index (χ1) is 4.24. The summed E-state index contributed by atoms with van der Waals surface area (Å²) in [6, 6.07) is 1.94. The number of thiophene rings is 1. The zero-order valence-electron chi connectivity index (χ0n) is 4.53. The van der Waals surface area contributed by atoms with Gasteiger partial charge in [0, 0.05) is 9.35 Å². The predicted octanol–water partition coefficient (Wildman–Crippen LogP) is 3.81. The molecule has 0 aliphatic carbocycles. The van der Waals surface area contributed by atoms with Crippen LogP contribution in [0.4, 0.5) is 0 Å². The van der Waals surface area contributed by atoms with Gasteiger partial charge in [-0.15, -0.1) is 11.3 Å². The Kier molecular flexibility index (Phi) is 2.33. The fourth-order valence-electron chi connectivity index (χ4n) is 0.464. The van der Waals surface area contributed by atoms with E-state index >= 15 is 0 Å². The Hall–Kier alpha value is 0.210. The first-order valence-corrected chi connectivity index (χ1v) is 4.30. The number of halogens is 2. The Morgan fingerprint density at radius 1 is 1.78 bits per heavy atom. The summed E-state index contributed by atoms with van der Waals surface area (Å²) in [7, 11) is 0. The Bertz CT molecular complexity index is 209. The molecule has 1 aromatic heterocycles. The maximum absolute atomic E-state index is 5.73. The summed E-state index contributed by atoms with van der Waals surface area (Å²) in [6.07, 6.45) is 1.78. The van der Waals surface area contributed by atoms with Crippen molar-refractivity contribution in [3.05, 3.63) is 26.3 Å². The third-order valence-corrected chi connectivity index (χ3v) is 3.34. The SMILES string of the molecule is C=Cc1cc(Br)c(Cl)s1. The Labute approximate surface area is 71.3 Å². The quantitative estimate of drug-likeness (QED) is 0.679. The lowest BCUT2D eigenvalue weighted by atomic mass is 10.5. The maximum Gasteiger partial charge on any atom is 0.108 e. The number of hydrogen-bond donors (Lipinski definition) is 0. The minimum absolute atomic E-state index is 0.782. The van der Waals surface area contributed by atoms with Crippen LogP contribution in [0.3, 0.4) is 0 Å². The second-order valence-electron chi connectivity index (χ2n) is 1.47. The second-order valence-corrected chi connectivity index (χ2v) is 4.01. The van der Waals surface area contributed by atoms with Crippen molar-refractivity contribution in [2.75, 3.05) is 0 Å². The summed E-state index contributed by atoms with van der Waals surface area (Å²) in [5.41, 5.74) is 0. The standard InChI is InChI=1S/C6H4BrClS/c1-2-4-3-5(7)6(8)9-4/h2-3H,1H2. The fourth-order valence-corrected chi connectivity index (χ4v) is 2.05. The van der Waals surface area contributed by atoms with Crippen molar-refractivity contribution in [1.82, 2.24) is 0 Å². The normalized spacial score (nSPS) is 9.56. The van der Waals surface area contributed by atoms with Gasteiger partial charge in [0.25, 0.3) is 0 Å². The van der Waals surface area contributed by atoms with Gasteiger partial charge in [-0.05, 0) is 22.0 Å². The molecule has 0 unspecified atom stereocenters. The molecule has 0 spiro atoms. The summed E-state index contributed by atoms with van der Waals surface area (Å²) < 4.78 is 1.73. The Balaban J connectivity index is 3.11. The summed E-state index contributed by atoms with van der Waals surface area (Å²) >= 11 is 10.5. The molecule has 0 saturated heterocycles. The van der Waals surface area contributed by atoms with Gasteiger partial charge in [0.2, 0.25) is 0 Å². The lowest BCUT2D eigenvalue weighted by molar-refractivity contribution is 1.86. The summed E-state index contributed by atoms with van der Waals surface area (Å²) in [5.74, 6) is 0. The Morgan fingerprint density at radius 3 is 2.67 bits per heavy atom. The monoisotopic (exact) mass is 222 g/mol. The molecule has 0 radical (unpaired) electrons. The highest BCUT2D eigenvalue weighted by molar-refractivity contribution is 9.10. The van der Waals surface area contributed by atoms with Crippen LogP contribution in [-0.2, 0) is 0 Å². The molecule has 48 valence electrons. The van der Waals surface area contributed by atoms with Gasteiger partial charge in [-0.25, -0.2) is 0 Å². The van der Waals surface area contributed by atoms with Crippen molar-refractivity contribution < 1.29 is 0 Å². The molecule has 0 aromatic carbocycles. The van der Waals surface area contributed by atoms with Gasteiger partial charge in [-0.3, -0.25) is 0 Å². The van der Waals surface area contributed by atoms with Crippen LogP contribution >= 0.6 is 38.9 Å². The molecule has 0 nitrogen and oxygen atoms in total. The van der Waals surface area contributed by atoms with E-state index in [0.717, 1.165) is 13.7 Å². The lowest BCUT2D eigenvalue weighted by Gasteiger charge is -1.74. The van der Waals surface area contributed by atoms with Crippen LogP contribution in [0.2, 0.25) is 4.34 Å². The van der Waals surface area contributed by atoms with Gasteiger partial charge in [-0.1, -0.05) is 24.3 Å². The van der Waals surface area contributed by atoms with Gasteiger partial charge in [-0.2, -0.15) is 0 Å². The smallest absolute Gasteiger partial charge is 0.108 e. The first kappa shape index (κ1) is 7.32. The maximum atomic E-state index is 5.73. The van der Waals surface area contributed by atoms with Gasteiger partial charge >= 0.3 is 0 Å². The highest BCUT2D eigenvalue weighted by Crippen LogP contribution is 2.32. The third kappa shape index (κ3) is 1.57. The van der Waals surface area contributed by atoms with Gasteiger partial charge in [0.1, 0.15) is 4.34 Å². The molecule has 0 N–H and O–H groups in total. The molecule has 0 saturated carbocycles. The van der Waals surface area contributed by atoms with Crippen LogP contribution in [0, 0.1) is 0 Å². The van der Waals surface area contributed by atoms with E-state index in [1.165, 1.54) is 11.3 Å². The molecule has 1 rings (SSSR count). The summed E-state index contributed by atoms with van der Waals surface area (Å²) in [4.78, 5) is 1.09. The van der Waals surface area contributed by atoms with E-state index in [9.17, 15) is 0 Å². The molecule has 1 heterocycles. The molecule has 0 amide bonds. The fraction of sp³-hybridized carbons (Fsp3) is 0. The topological polar surface area (TPSA) is 0 Å². The van der Waals surface area contributed by atoms with E-state index in [2.05, 4.69) is 22.5 Å². The third-order valence-electron chi connectivity index (χ3n) is 0.865. The van der Waals surface area contributed by atoms with E-state index in [1.54, 1.807) is 6.08 Å². The average molecular weight is 224 g/mol. The molecule has 0 atom stereocenters. The van der Waals surface area contributed by atoms with E-state index in [4.69, 9.17) is 11.6 Å². The number of hydrogen-bond acceptors (Lipinski definition) is 1. The predicted molar refractivity (Wildman–Crippen MR) is 47.1 cm³/mol. The zero-order chi connectivity index (χ0) is 6.85. The lowest BCUT2D eigenvalue weighted by Crippen LogP contribution is -1.49. The highest BCUT2D eigenvalue weighted by Gasteiger charge is 1.99. The van der Waals surface area contributed by atoms with E-state index in [0.29, 0.717) is 0 Å². The molecule has 0 aliphatic heterocycles. The number of rotatable bonds is 1. The van der Waals surface area contributed by atoms with Crippen molar-refractivity contribution in [2.24, 2.45) is 0 Å². The molecule has 0 aliphatic rings. The minimum Gasteiger partial charge on any atom is -0.123 e.